The fraction of sp³-hybridized carbons (Fsp3) is 0.556. The van der Waals surface area contributed by atoms with E-state index in [-0.39, 0.29) is 0 Å². The lowest BCUT2D eigenvalue weighted by Gasteiger charge is -2.37. The summed E-state index contributed by atoms with van der Waals surface area (Å²) in [6, 6.07) is 9.15. The number of carbonyl (C=O) groups is 2. The molecule has 0 saturated heterocycles. The molecule has 4 N–H and O–H groups in total. The maximum atomic E-state index is 12.5. The molecule has 128 valence electrons. The van der Waals surface area contributed by atoms with E-state index in [1.165, 1.54) is 13.8 Å². The molecule has 0 fully saturated rings. The molecule has 0 saturated carbocycles. The second kappa shape index (κ2) is 7.59. The number of nitrogens with two attached hydrogens (primary N) is 1. The molecule has 5 heteroatoms. The van der Waals surface area contributed by atoms with E-state index < -0.39 is 28.9 Å². The van der Waals surface area contributed by atoms with Gasteiger partial charge in [0.15, 0.2) is 0 Å². The summed E-state index contributed by atoms with van der Waals surface area (Å²) in [4.78, 5) is 24.0. The lowest BCUT2D eigenvalue weighted by Crippen LogP contribution is -2.57. The summed E-state index contributed by atoms with van der Waals surface area (Å²) in [5.74, 6) is -1.16. The Morgan fingerprint density at radius 2 is 1.70 bits per heavy atom. The maximum Gasteiger partial charge on any atom is 0.235 e. The minimum Gasteiger partial charge on any atom is -0.388 e. The van der Waals surface area contributed by atoms with Gasteiger partial charge in [0, 0.05) is 0 Å². The van der Waals surface area contributed by atoms with Crippen LogP contribution in [0.4, 0.5) is 0 Å². The quantitative estimate of drug-likeness (QED) is 0.637. The fourth-order valence-corrected chi connectivity index (χ4v) is 2.42. The highest BCUT2D eigenvalue weighted by molar-refractivity contribution is 6.03. The molecule has 5 nitrogen and oxygen atoms in total. The highest BCUT2D eigenvalue weighted by atomic mass is 16.3. The first-order valence-electron chi connectivity index (χ1n) is 8.04. The Labute approximate surface area is 138 Å². The molecule has 1 aromatic rings. The molecule has 0 unspecified atom stereocenters. The largest absolute Gasteiger partial charge is 0.388 e. The molecule has 0 bridgehead atoms. The summed E-state index contributed by atoms with van der Waals surface area (Å²) >= 11 is 0. The number of nitrogens with one attached hydrogen (secondary N) is 1. The van der Waals surface area contributed by atoms with E-state index >= 15 is 0 Å². The predicted octanol–water partition coefficient (Wildman–Crippen LogP) is 1.78. The fourth-order valence-electron chi connectivity index (χ4n) is 2.42. The highest BCUT2D eigenvalue weighted by Gasteiger charge is 2.40. The van der Waals surface area contributed by atoms with Crippen molar-refractivity contribution in [3.05, 3.63) is 35.9 Å². The summed E-state index contributed by atoms with van der Waals surface area (Å²) in [6.07, 6.45) is 1.48. The van der Waals surface area contributed by atoms with Gasteiger partial charge in [-0.3, -0.25) is 9.59 Å². The van der Waals surface area contributed by atoms with Crippen LogP contribution in [0.2, 0.25) is 0 Å². The van der Waals surface area contributed by atoms with Crippen molar-refractivity contribution in [3.8, 4) is 0 Å². The van der Waals surface area contributed by atoms with Crippen LogP contribution in [0.3, 0.4) is 0 Å². The Balaban J connectivity index is 3.05. The smallest absolute Gasteiger partial charge is 0.235 e. The van der Waals surface area contributed by atoms with E-state index in [2.05, 4.69) is 5.32 Å². The van der Waals surface area contributed by atoms with Crippen molar-refractivity contribution in [2.24, 2.45) is 11.1 Å². The molecule has 1 rings (SSSR count). The number of benzene rings is 1. The van der Waals surface area contributed by atoms with Gasteiger partial charge in [0.25, 0.3) is 0 Å². The van der Waals surface area contributed by atoms with E-state index in [9.17, 15) is 14.7 Å². The van der Waals surface area contributed by atoms with Gasteiger partial charge in [0.2, 0.25) is 11.8 Å². The molecule has 0 aliphatic carbocycles. The Hall–Kier alpha value is -1.88. The molecule has 0 aliphatic heterocycles. The SMILES string of the molecule is CCC(O)(CC)[C@@H](Cc1ccccc1)NC(=O)C(C)(C)C(N)=O. The molecule has 0 aliphatic rings. The molecule has 2 amide bonds. The molecular formula is C18H28N2O3. The molecule has 23 heavy (non-hydrogen) atoms. The topological polar surface area (TPSA) is 92.4 Å². The van der Waals surface area contributed by atoms with Crippen LogP contribution in [0.5, 0.6) is 0 Å². The van der Waals surface area contributed by atoms with Gasteiger partial charge in [-0.1, -0.05) is 44.2 Å². The van der Waals surface area contributed by atoms with Crippen LogP contribution in [-0.2, 0) is 16.0 Å². The first kappa shape index (κ1) is 19.2. The Bertz CT molecular complexity index is 536. The number of hydrogen-bond donors (Lipinski definition) is 3. The van der Waals surface area contributed by atoms with Gasteiger partial charge >= 0.3 is 0 Å². The maximum absolute atomic E-state index is 12.5. The number of carbonyl (C=O) groups excluding carboxylic acids is 2. The molecule has 0 spiro atoms. The zero-order valence-corrected chi connectivity index (χ0v) is 14.4. The molecule has 0 aromatic heterocycles. The minimum absolute atomic E-state index is 0.466. The van der Waals surface area contributed by atoms with Gasteiger partial charge in [-0.2, -0.15) is 0 Å². The molecule has 1 aromatic carbocycles. The van der Waals surface area contributed by atoms with Crippen molar-refractivity contribution in [2.75, 3.05) is 0 Å². The van der Waals surface area contributed by atoms with Gasteiger partial charge in [0.05, 0.1) is 11.6 Å². The first-order valence-corrected chi connectivity index (χ1v) is 8.04. The van der Waals surface area contributed by atoms with Crippen molar-refractivity contribution in [2.45, 2.75) is 58.6 Å². The van der Waals surface area contributed by atoms with Gasteiger partial charge in [-0.25, -0.2) is 0 Å². The van der Waals surface area contributed by atoms with Crippen LogP contribution in [0.25, 0.3) is 0 Å². The van der Waals surface area contributed by atoms with Gasteiger partial charge < -0.3 is 16.2 Å². The molecular weight excluding hydrogens is 292 g/mol. The number of aliphatic hydroxyl groups is 1. The van der Waals surface area contributed by atoms with Crippen LogP contribution in [0.1, 0.15) is 46.1 Å². The lowest BCUT2D eigenvalue weighted by molar-refractivity contribution is -0.141. The zero-order chi connectivity index (χ0) is 17.7. The second-order valence-electron chi connectivity index (χ2n) is 6.52. The van der Waals surface area contributed by atoms with Crippen LogP contribution < -0.4 is 11.1 Å². The number of rotatable bonds is 8. The molecule has 0 radical (unpaired) electrons. The molecule has 0 heterocycles. The van der Waals surface area contributed by atoms with Crippen molar-refractivity contribution in [1.82, 2.24) is 5.32 Å². The standard InChI is InChI=1S/C18H28N2O3/c1-5-18(23,6-2)14(12-13-10-8-7-9-11-13)20-16(22)17(3,4)15(19)21/h7-11,14,23H,5-6,12H2,1-4H3,(H2,19,21)(H,20,22)/t14-/m1/s1. The highest BCUT2D eigenvalue weighted by Crippen LogP contribution is 2.24. The minimum atomic E-state index is -1.32. The van der Waals surface area contributed by atoms with Crippen LogP contribution in [0, 0.1) is 5.41 Å². The van der Waals surface area contributed by atoms with E-state index in [1.807, 2.05) is 44.2 Å². The summed E-state index contributed by atoms with van der Waals surface area (Å²) < 4.78 is 0. The summed E-state index contributed by atoms with van der Waals surface area (Å²) in [7, 11) is 0. The lowest BCUT2D eigenvalue weighted by atomic mass is 9.83. The Morgan fingerprint density at radius 1 is 1.17 bits per heavy atom. The van der Waals surface area contributed by atoms with E-state index in [1.54, 1.807) is 0 Å². The normalized spacial score (nSPS) is 13.4. The third kappa shape index (κ3) is 4.55. The Kier molecular flexibility index (Phi) is 6.33. The summed E-state index contributed by atoms with van der Waals surface area (Å²) in [5.41, 5.74) is 3.96. The van der Waals surface area contributed by atoms with E-state index in [0.29, 0.717) is 19.3 Å². The second-order valence-corrected chi connectivity index (χ2v) is 6.52. The van der Waals surface area contributed by atoms with E-state index in [4.69, 9.17) is 5.73 Å². The van der Waals surface area contributed by atoms with Crippen molar-refractivity contribution < 1.29 is 14.7 Å². The van der Waals surface area contributed by atoms with Crippen molar-refractivity contribution in [1.29, 1.82) is 0 Å². The van der Waals surface area contributed by atoms with Crippen LogP contribution in [-0.4, -0.2) is 28.6 Å². The third-order valence-electron chi connectivity index (χ3n) is 4.64. The van der Waals surface area contributed by atoms with Crippen LogP contribution in [0.15, 0.2) is 30.3 Å². The van der Waals surface area contributed by atoms with Gasteiger partial charge in [-0.15, -0.1) is 0 Å². The summed E-state index contributed by atoms with van der Waals surface area (Å²) in [6.45, 7) is 6.74. The predicted molar refractivity (Wildman–Crippen MR) is 90.6 cm³/mol. The van der Waals surface area contributed by atoms with Crippen molar-refractivity contribution >= 4 is 11.8 Å². The average molecular weight is 320 g/mol. The zero-order valence-electron chi connectivity index (χ0n) is 14.4. The van der Waals surface area contributed by atoms with Crippen molar-refractivity contribution in [3.63, 3.8) is 0 Å². The van der Waals surface area contributed by atoms with Gasteiger partial charge in [-0.05, 0) is 38.7 Å². The number of hydrogen-bond acceptors (Lipinski definition) is 3. The first-order chi connectivity index (χ1) is 10.7. The number of primary amides is 1. The Morgan fingerprint density at radius 3 is 2.13 bits per heavy atom. The average Bonchev–Trinajstić information content (AvgIpc) is 2.54. The van der Waals surface area contributed by atoms with Gasteiger partial charge in [0.1, 0.15) is 5.41 Å². The van der Waals surface area contributed by atoms with E-state index in [0.717, 1.165) is 5.56 Å². The monoisotopic (exact) mass is 320 g/mol. The summed E-state index contributed by atoms with van der Waals surface area (Å²) in [5, 5.41) is 13.7. The number of amides is 2. The van der Waals surface area contributed by atoms with Crippen LogP contribution >= 0.6 is 0 Å². The third-order valence-corrected chi connectivity index (χ3v) is 4.64. The molecule has 1 atom stereocenters.